The lowest BCUT2D eigenvalue weighted by atomic mass is 10.1. The van der Waals surface area contributed by atoms with Gasteiger partial charge in [0.1, 0.15) is 5.82 Å². The Kier molecular flexibility index (Phi) is 4.35. The van der Waals surface area contributed by atoms with Gasteiger partial charge in [-0.15, -0.1) is 0 Å². The van der Waals surface area contributed by atoms with E-state index in [9.17, 15) is 9.18 Å². The van der Waals surface area contributed by atoms with Gasteiger partial charge in [-0.1, -0.05) is 6.07 Å². The molecule has 0 radical (unpaired) electrons. The van der Waals surface area contributed by atoms with E-state index >= 15 is 0 Å². The predicted octanol–water partition coefficient (Wildman–Crippen LogP) is 2.27. The lowest BCUT2D eigenvalue weighted by Crippen LogP contribution is -2.31. The summed E-state index contributed by atoms with van der Waals surface area (Å²) in [6.07, 6.45) is 0.971. The molecule has 1 unspecified atom stereocenters. The number of likely N-dealkylation sites (tertiary alicyclic amines) is 1. The molecule has 1 heterocycles. The van der Waals surface area contributed by atoms with Gasteiger partial charge in [-0.05, 0) is 54.0 Å². The van der Waals surface area contributed by atoms with Gasteiger partial charge in [0.2, 0.25) is 0 Å². The first kappa shape index (κ1) is 13.5. The van der Waals surface area contributed by atoms with Crippen LogP contribution in [-0.4, -0.2) is 37.5 Å². The van der Waals surface area contributed by atoms with E-state index in [-0.39, 0.29) is 11.5 Å². The second kappa shape index (κ2) is 5.80. The summed E-state index contributed by atoms with van der Waals surface area (Å²) in [5, 5.41) is 3.11. The number of nitrogens with one attached hydrogen (secondary N) is 1. The van der Waals surface area contributed by atoms with E-state index in [1.165, 1.54) is 6.07 Å². The van der Waals surface area contributed by atoms with E-state index in [4.69, 9.17) is 0 Å². The lowest BCUT2D eigenvalue weighted by molar-refractivity contribution is 0.0781. The zero-order valence-corrected chi connectivity index (χ0v) is 11.8. The number of hydrogen-bond acceptors (Lipinski definition) is 2. The number of nitrogens with zero attached hydrogens (tertiary/aromatic N) is 1. The molecule has 1 fully saturated rings. The number of amides is 1. The van der Waals surface area contributed by atoms with E-state index in [1.807, 2.05) is 7.05 Å². The van der Waals surface area contributed by atoms with E-state index in [0.29, 0.717) is 23.5 Å². The minimum atomic E-state index is -0.466. The molecule has 1 aromatic rings. The zero-order valence-electron chi connectivity index (χ0n) is 10.2. The number of halogens is 2. The van der Waals surface area contributed by atoms with Crippen molar-refractivity contribution in [3.05, 3.63) is 34.1 Å². The van der Waals surface area contributed by atoms with Crippen LogP contribution in [0.3, 0.4) is 0 Å². The van der Waals surface area contributed by atoms with Crippen molar-refractivity contribution in [1.82, 2.24) is 10.2 Å². The Labute approximate surface area is 114 Å². The fourth-order valence-electron chi connectivity index (χ4n) is 2.33. The highest BCUT2D eigenvalue weighted by atomic mass is 79.9. The van der Waals surface area contributed by atoms with Crippen molar-refractivity contribution in [3.63, 3.8) is 0 Å². The fourth-order valence-corrected chi connectivity index (χ4v) is 2.84. The van der Waals surface area contributed by atoms with Gasteiger partial charge in [0.25, 0.3) is 5.91 Å². The Hall–Kier alpha value is -0.940. The van der Waals surface area contributed by atoms with Crippen molar-refractivity contribution in [2.24, 2.45) is 5.92 Å². The molecular formula is C13H16BrFN2O. The van der Waals surface area contributed by atoms with Crippen LogP contribution in [0.15, 0.2) is 22.7 Å². The maximum atomic E-state index is 13.7. The van der Waals surface area contributed by atoms with Crippen LogP contribution in [0, 0.1) is 11.7 Å². The van der Waals surface area contributed by atoms with Crippen LogP contribution in [0.2, 0.25) is 0 Å². The van der Waals surface area contributed by atoms with Gasteiger partial charge in [0.05, 0.1) is 5.56 Å². The molecule has 0 aromatic heterocycles. The first-order valence-electron chi connectivity index (χ1n) is 6.01. The fraction of sp³-hybridized carbons (Fsp3) is 0.462. The molecule has 1 aromatic carbocycles. The van der Waals surface area contributed by atoms with Crippen LogP contribution in [-0.2, 0) is 0 Å². The van der Waals surface area contributed by atoms with Gasteiger partial charge < -0.3 is 10.2 Å². The normalized spacial score (nSPS) is 19.3. The molecule has 0 aliphatic carbocycles. The Morgan fingerprint density at radius 2 is 2.39 bits per heavy atom. The van der Waals surface area contributed by atoms with Crippen LogP contribution in [0.25, 0.3) is 0 Å². The first-order chi connectivity index (χ1) is 8.63. The summed E-state index contributed by atoms with van der Waals surface area (Å²) in [7, 11) is 1.90. The molecule has 98 valence electrons. The van der Waals surface area contributed by atoms with Crippen molar-refractivity contribution in [2.45, 2.75) is 6.42 Å². The van der Waals surface area contributed by atoms with Gasteiger partial charge in [-0.2, -0.15) is 0 Å². The minimum absolute atomic E-state index is 0.141. The summed E-state index contributed by atoms with van der Waals surface area (Å²) in [6.45, 7) is 2.29. The van der Waals surface area contributed by atoms with Crippen LogP contribution in [0.4, 0.5) is 4.39 Å². The van der Waals surface area contributed by atoms with Gasteiger partial charge >= 0.3 is 0 Å². The van der Waals surface area contributed by atoms with Crippen LogP contribution < -0.4 is 5.32 Å². The van der Waals surface area contributed by atoms with Gasteiger partial charge in [0.15, 0.2) is 0 Å². The molecule has 1 N–H and O–H groups in total. The topological polar surface area (TPSA) is 32.3 Å². The zero-order chi connectivity index (χ0) is 13.1. The number of carbonyl (C=O) groups excluding carboxylic acids is 1. The number of rotatable bonds is 3. The molecule has 1 atom stereocenters. The molecular weight excluding hydrogens is 299 g/mol. The average Bonchev–Trinajstić information content (AvgIpc) is 2.78. The average molecular weight is 315 g/mol. The van der Waals surface area contributed by atoms with Crippen molar-refractivity contribution in [1.29, 1.82) is 0 Å². The second-order valence-electron chi connectivity index (χ2n) is 4.56. The third-order valence-electron chi connectivity index (χ3n) is 3.24. The van der Waals surface area contributed by atoms with Crippen molar-refractivity contribution in [3.8, 4) is 0 Å². The minimum Gasteiger partial charge on any atom is -0.338 e. The van der Waals surface area contributed by atoms with Crippen molar-refractivity contribution in [2.75, 3.05) is 26.7 Å². The van der Waals surface area contributed by atoms with E-state index in [0.717, 1.165) is 13.0 Å². The van der Waals surface area contributed by atoms with Crippen molar-refractivity contribution >= 4 is 21.8 Å². The summed E-state index contributed by atoms with van der Waals surface area (Å²) in [5.74, 6) is -0.227. The largest absolute Gasteiger partial charge is 0.338 e. The third kappa shape index (κ3) is 2.72. The van der Waals surface area contributed by atoms with Gasteiger partial charge in [0, 0.05) is 17.6 Å². The molecule has 3 nitrogen and oxygen atoms in total. The van der Waals surface area contributed by atoms with E-state index in [2.05, 4.69) is 21.2 Å². The first-order valence-corrected chi connectivity index (χ1v) is 6.80. The van der Waals surface area contributed by atoms with Crippen molar-refractivity contribution < 1.29 is 9.18 Å². The molecule has 18 heavy (non-hydrogen) atoms. The van der Waals surface area contributed by atoms with Crippen LogP contribution >= 0.6 is 15.9 Å². The molecule has 1 aliphatic heterocycles. The standard InChI is InChI=1S/C13H16BrFN2O/c1-16-7-9-5-6-17(8-9)13(18)12-10(14)3-2-4-11(12)15/h2-4,9,16H,5-8H2,1H3. The SMILES string of the molecule is CNCC1CCN(C(=O)c2c(F)cccc2Br)C1. The summed E-state index contributed by atoms with van der Waals surface area (Å²) < 4.78 is 14.2. The molecule has 0 bridgehead atoms. The summed E-state index contributed by atoms with van der Waals surface area (Å²) in [5.41, 5.74) is 0.141. The molecule has 0 saturated carbocycles. The van der Waals surface area contributed by atoms with E-state index in [1.54, 1.807) is 17.0 Å². The van der Waals surface area contributed by atoms with Gasteiger partial charge in [-0.3, -0.25) is 4.79 Å². The molecule has 1 amide bonds. The van der Waals surface area contributed by atoms with Crippen LogP contribution in [0.5, 0.6) is 0 Å². The number of carbonyl (C=O) groups is 1. The summed E-state index contributed by atoms with van der Waals surface area (Å²) in [6, 6.07) is 4.60. The van der Waals surface area contributed by atoms with E-state index < -0.39 is 5.82 Å². The molecule has 2 rings (SSSR count). The third-order valence-corrected chi connectivity index (χ3v) is 3.90. The monoisotopic (exact) mass is 314 g/mol. The Bertz CT molecular complexity index is 432. The Morgan fingerprint density at radius 1 is 1.61 bits per heavy atom. The number of hydrogen-bond donors (Lipinski definition) is 1. The predicted molar refractivity (Wildman–Crippen MR) is 72.0 cm³/mol. The lowest BCUT2D eigenvalue weighted by Gasteiger charge is -2.17. The molecule has 1 aliphatic rings. The Morgan fingerprint density at radius 3 is 3.06 bits per heavy atom. The smallest absolute Gasteiger partial charge is 0.257 e. The highest BCUT2D eigenvalue weighted by molar-refractivity contribution is 9.10. The quantitative estimate of drug-likeness (QED) is 0.928. The number of benzene rings is 1. The van der Waals surface area contributed by atoms with Crippen LogP contribution in [0.1, 0.15) is 16.8 Å². The summed E-state index contributed by atoms with van der Waals surface area (Å²) >= 11 is 3.24. The second-order valence-corrected chi connectivity index (χ2v) is 5.41. The van der Waals surface area contributed by atoms with Gasteiger partial charge in [-0.25, -0.2) is 4.39 Å². The molecule has 0 spiro atoms. The highest BCUT2D eigenvalue weighted by Crippen LogP contribution is 2.24. The summed E-state index contributed by atoms with van der Waals surface area (Å²) in [4.78, 5) is 14.0. The molecule has 1 saturated heterocycles. The molecule has 5 heteroatoms. The maximum Gasteiger partial charge on any atom is 0.257 e. The maximum absolute atomic E-state index is 13.7. The Balaban J connectivity index is 2.13. The highest BCUT2D eigenvalue weighted by Gasteiger charge is 2.28.